The summed E-state index contributed by atoms with van der Waals surface area (Å²) in [6, 6.07) is 12.6. The molecule has 0 atom stereocenters. The van der Waals surface area contributed by atoms with Gasteiger partial charge in [0.15, 0.2) is 0 Å². The summed E-state index contributed by atoms with van der Waals surface area (Å²) in [6.07, 6.45) is 4.10. The summed E-state index contributed by atoms with van der Waals surface area (Å²) in [5.74, 6) is 0. The Morgan fingerprint density at radius 2 is 1.55 bits per heavy atom. The zero-order valence-corrected chi connectivity index (χ0v) is 13.6. The molecule has 0 fully saturated rings. The van der Waals surface area contributed by atoms with Crippen molar-refractivity contribution in [2.24, 2.45) is 0 Å². The number of hydrogen-bond acceptors (Lipinski definition) is 2. The van der Waals surface area contributed by atoms with Crippen LogP contribution in [-0.4, -0.2) is 42.6 Å². The molecule has 2 aromatic rings. The van der Waals surface area contributed by atoms with Crippen molar-refractivity contribution in [3.63, 3.8) is 0 Å². The summed E-state index contributed by atoms with van der Waals surface area (Å²) < 4.78 is 8.88. The fraction of sp³-hybridized carbons (Fsp3) is 0. The van der Waals surface area contributed by atoms with Gasteiger partial charge in [0, 0.05) is 10.4 Å². The second kappa shape index (κ2) is 6.91. The number of thiocarbonyl (C=S) groups is 1. The first kappa shape index (κ1) is 17.5. The molecule has 3 N–H and O–H groups in total. The molecule has 0 bridgehead atoms. The van der Waals surface area contributed by atoms with Crippen LogP contribution in [-0.2, 0) is 4.57 Å². The van der Waals surface area contributed by atoms with Crippen molar-refractivity contribution >= 4 is 64.8 Å². The molecule has 0 saturated carbocycles. The minimum Gasteiger partial charge on any atom is -1.00 e. The molecule has 0 amide bonds. The molecule has 0 spiro atoms. The van der Waals surface area contributed by atoms with E-state index >= 15 is 0 Å². The van der Waals surface area contributed by atoms with Gasteiger partial charge in [-0.15, -0.1) is 0 Å². The van der Waals surface area contributed by atoms with Crippen LogP contribution in [0.1, 0.15) is 14.0 Å². The minimum absolute atomic E-state index is 0. The molecule has 4 nitrogen and oxygen atoms in total. The van der Waals surface area contributed by atoms with E-state index in [0.717, 1.165) is 4.86 Å². The Labute approximate surface area is 140 Å². The first-order valence-corrected chi connectivity index (χ1v) is 7.36. The van der Waals surface area contributed by atoms with E-state index in [-0.39, 0.29) is 25.9 Å². The molecular weight excluding hydrogens is 307 g/mol. The molecule has 20 heavy (non-hydrogen) atoms. The van der Waals surface area contributed by atoms with E-state index in [0.29, 0.717) is 0 Å². The third-order valence-electron chi connectivity index (χ3n) is 2.62. The number of hydrogen-bond donors (Lipinski definition) is 3. The number of allylic oxidation sites excluding steroid dienone is 1. The van der Waals surface area contributed by atoms with E-state index in [4.69, 9.17) is 31.5 Å². The summed E-state index contributed by atoms with van der Waals surface area (Å²) >= 11 is 5.31. The van der Waals surface area contributed by atoms with E-state index in [2.05, 4.69) is 42.5 Å². The van der Waals surface area contributed by atoms with Gasteiger partial charge in [-0.2, -0.15) is 0 Å². The molecule has 1 aliphatic carbocycles. The first-order chi connectivity index (χ1) is 8.86. The summed E-state index contributed by atoms with van der Waals surface area (Å²) in [5.41, 5.74) is 2.46. The topological polar surface area (TPSA) is 77.8 Å². The van der Waals surface area contributed by atoms with Crippen LogP contribution < -0.4 is 0 Å². The van der Waals surface area contributed by atoms with Gasteiger partial charge in [0.05, 0.1) is 0 Å². The summed E-state index contributed by atoms with van der Waals surface area (Å²) in [4.78, 5) is 22.5. The second-order valence-corrected chi connectivity index (χ2v) is 5.43. The maximum Gasteiger partial charge on any atom is 2.00 e. The van der Waals surface area contributed by atoms with Gasteiger partial charge in [0.25, 0.3) is 0 Å². The first-order valence-electron chi connectivity index (χ1n) is 5.39. The van der Waals surface area contributed by atoms with Crippen molar-refractivity contribution in [2.45, 2.75) is 0 Å². The Morgan fingerprint density at radius 3 is 2.15 bits per heavy atom. The molecule has 0 radical (unpaired) electrons. The molecular formula is C13H13MgO4PS. The normalized spacial score (nSPS) is 12.4. The average molecular weight is 321 g/mol. The van der Waals surface area contributed by atoms with Crippen LogP contribution in [0.2, 0.25) is 0 Å². The van der Waals surface area contributed by atoms with E-state index in [1.165, 1.54) is 21.9 Å². The van der Waals surface area contributed by atoms with Crippen molar-refractivity contribution < 1.29 is 22.1 Å². The van der Waals surface area contributed by atoms with Gasteiger partial charge in [0.1, 0.15) is 0 Å². The smallest absolute Gasteiger partial charge is 1.00 e. The van der Waals surface area contributed by atoms with Gasteiger partial charge < -0.3 is 17.5 Å². The molecule has 0 heterocycles. The van der Waals surface area contributed by atoms with E-state index in [1.54, 1.807) is 0 Å². The molecule has 0 unspecified atom stereocenters. The number of phosphoric acid groups is 1. The van der Waals surface area contributed by atoms with Gasteiger partial charge in [-0.25, -0.2) is 4.57 Å². The Hall–Kier alpha value is -0.594. The fourth-order valence-electron chi connectivity index (χ4n) is 1.97. The predicted octanol–water partition coefficient (Wildman–Crippen LogP) is 2.50. The van der Waals surface area contributed by atoms with Gasteiger partial charge in [0.2, 0.25) is 0 Å². The van der Waals surface area contributed by atoms with Gasteiger partial charge in [-0.05, 0) is 22.4 Å². The van der Waals surface area contributed by atoms with Crippen LogP contribution in [0.5, 0.6) is 0 Å². The molecule has 0 saturated heterocycles. The molecule has 0 aromatic heterocycles. The van der Waals surface area contributed by atoms with Crippen LogP contribution in [0.25, 0.3) is 16.8 Å². The van der Waals surface area contributed by atoms with Gasteiger partial charge >= 0.3 is 30.9 Å². The largest absolute Gasteiger partial charge is 2.00 e. The molecule has 0 aliphatic heterocycles. The third-order valence-corrected chi connectivity index (χ3v) is 2.97. The Balaban J connectivity index is 0. The number of benzene rings is 2. The van der Waals surface area contributed by atoms with Crippen LogP contribution in [0.4, 0.5) is 0 Å². The van der Waals surface area contributed by atoms with Crippen molar-refractivity contribution in [2.75, 3.05) is 0 Å². The second-order valence-electron chi connectivity index (χ2n) is 3.96. The van der Waals surface area contributed by atoms with Gasteiger partial charge in [-0.3, -0.25) is 0 Å². The molecule has 3 rings (SSSR count). The van der Waals surface area contributed by atoms with Crippen LogP contribution in [0.15, 0.2) is 42.5 Å². The molecule has 2 aromatic carbocycles. The third kappa shape index (κ3) is 4.46. The Bertz CT molecular complexity index is 720. The zero-order chi connectivity index (χ0) is 14.0. The minimum atomic E-state index is -4.64. The van der Waals surface area contributed by atoms with Gasteiger partial charge in [-0.1, -0.05) is 54.7 Å². The SMILES string of the molecule is O=P(O)(O)O.S=C1C=Cc2cccc3cccc1c23.[H-].[H-].[Mg+2]. The van der Waals surface area contributed by atoms with E-state index in [9.17, 15) is 0 Å². The number of rotatable bonds is 0. The Morgan fingerprint density at radius 1 is 1.00 bits per heavy atom. The maximum atomic E-state index is 8.88. The van der Waals surface area contributed by atoms with Crippen molar-refractivity contribution in [1.82, 2.24) is 0 Å². The summed E-state index contributed by atoms with van der Waals surface area (Å²) in [7, 11) is -4.64. The van der Waals surface area contributed by atoms with Crippen molar-refractivity contribution in [3.8, 4) is 0 Å². The molecule has 1 aliphatic rings. The van der Waals surface area contributed by atoms with Crippen LogP contribution in [0.3, 0.4) is 0 Å². The monoisotopic (exact) mass is 320 g/mol. The fourth-order valence-corrected chi connectivity index (χ4v) is 2.21. The van der Waals surface area contributed by atoms with Crippen LogP contribution in [0, 0.1) is 0 Å². The van der Waals surface area contributed by atoms with Crippen molar-refractivity contribution in [1.29, 1.82) is 0 Å². The molecule has 7 heteroatoms. The summed E-state index contributed by atoms with van der Waals surface area (Å²) in [6.45, 7) is 0. The zero-order valence-electron chi connectivity index (χ0n) is 12.4. The van der Waals surface area contributed by atoms with Crippen LogP contribution >= 0.6 is 20.0 Å². The van der Waals surface area contributed by atoms with Crippen molar-refractivity contribution in [3.05, 3.63) is 53.6 Å². The standard InChI is InChI=1S/C13H8S.Mg.H3O4P.2H/c14-12-8-7-10-4-1-3-9-5-2-6-11(12)13(9)10;;1-5(2,3)4;;/h1-8H;;(H3,1,2,3,4);;/q;+2;;2*-1. The van der Waals surface area contributed by atoms with E-state index < -0.39 is 7.82 Å². The predicted molar refractivity (Wildman–Crippen MR) is 86.9 cm³/mol. The van der Waals surface area contributed by atoms with E-state index in [1.807, 2.05) is 6.08 Å². The summed E-state index contributed by atoms with van der Waals surface area (Å²) in [5, 5.41) is 2.56. The maximum absolute atomic E-state index is 8.88. The average Bonchev–Trinajstić information content (AvgIpc) is 2.32. The Kier molecular flexibility index (Phi) is 6.03. The molecule has 102 valence electrons. The quantitative estimate of drug-likeness (QED) is 0.395.